The highest BCUT2D eigenvalue weighted by Gasteiger charge is 2.18. The molecular weight excluding hydrogens is 170 g/mol. The molecule has 0 saturated carbocycles. The molecular formula is C8H17N3O2. The Bertz CT molecular complexity index is 192. The van der Waals surface area contributed by atoms with Crippen molar-refractivity contribution in [2.24, 2.45) is 11.8 Å². The van der Waals surface area contributed by atoms with Crippen LogP contribution in [0.4, 0.5) is 0 Å². The van der Waals surface area contributed by atoms with Crippen molar-refractivity contribution in [3.05, 3.63) is 0 Å². The molecule has 0 aliphatic heterocycles. The summed E-state index contributed by atoms with van der Waals surface area (Å²) in [5.41, 5.74) is 1.78. The summed E-state index contributed by atoms with van der Waals surface area (Å²) in [6.45, 7) is 5.91. The van der Waals surface area contributed by atoms with Gasteiger partial charge >= 0.3 is 11.8 Å². The number of carbonyl (C=O) groups excluding carboxylic acids is 2. The molecule has 0 heterocycles. The average Bonchev–Trinajstić information content (AvgIpc) is 2.11. The van der Waals surface area contributed by atoms with Gasteiger partial charge in [0, 0.05) is 6.04 Å². The molecule has 0 spiro atoms. The van der Waals surface area contributed by atoms with Crippen molar-refractivity contribution < 1.29 is 9.59 Å². The van der Waals surface area contributed by atoms with Crippen LogP contribution in [-0.4, -0.2) is 17.9 Å². The second-order valence-corrected chi connectivity index (χ2v) is 3.21. The first-order chi connectivity index (χ1) is 6.02. The highest BCUT2D eigenvalue weighted by Crippen LogP contribution is 2.04. The Kier molecular flexibility index (Phi) is 5.06. The number of amides is 2. The lowest BCUT2D eigenvalue weighted by atomic mass is 10.0. The second kappa shape index (κ2) is 5.53. The van der Waals surface area contributed by atoms with E-state index in [1.165, 1.54) is 0 Å². The lowest BCUT2D eigenvalue weighted by Gasteiger charge is -2.19. The second-order valence-electron chi connectivity index (χ2n) is 3.21. The quantitative estimate of drug-likeness (QED) is 0.242. The van der Waals surface area contributed by atoms with Crippen LogP contribution in [0.25, 0.3) is 0 Å². The molecule has 0 fully saturated rings. The largest absolute Gasteiger partial charge is 0.345 e. The van der Waals surface area contributed by atoms with Gasteiger partial charge in [0.15, 0.2) is 0 Å². The van der Waals surface area contributed by atoms with Crippen molar-refractivity contribution in [2.75, 3.05) is 0 Å². The molecule has 5 nitrogen and oxygen atoms in total. The third-order valence-corrected chi connectivity index (χ3v) is 1.90. The number of rotatable bonds is 3. The van der Waals surface area contributed by atoms with Crippen LogP contribution in [0.1, 0.15) is 27.2 Å². The van der Waals surface area contributed by atoms with E-state index in [0.717, 1.165) is 6.42 Å². The number of carbonyl (C=O) groups is 2. The minimum Gasteiger partial charge on any atom is -0.345 e. The standard InChI is InChI=1S/C8H17N3O2/c1-4-6(5(2)3)10-7(12)8(13)11-9/h5-6H,4,9H2,1-3H3,(H,10,12)(H,11,13). The first-order valence-electron chi connectivity index (χ1n) is 4.34. The fourth-order valence-electron chi connectivity index (χ4n) is 1.04. The van der Waals surface area contributed by atoms with Crippen LogP contribution >= 0.6 is 0 Å². The predicted octanol–water partition coefficient (Wildman–Crippen LogP) is -0.473. The molecule has 2 amide bonds. The molecule has 13 heavy (non-hydrogen) atoms. The molecule has 5 heteroatoms. The third kappa shape index (κ3) is 3.89. The van der Waals surface area contributed by atoms with Crippen LogP contribution < -0.4 is 16.6 Å². The molecule has 0 bridgehead atoms. The van der Waals surface area contributed by atoms with E-state index in [4.69, 9.17) is 5.84 Å². The summed E-state index contributed by atoms with van der Waals surface area (Å²) in [6, 6.07) is 0.0183. The highest BCUT2D eigenvalue weighted by molar-refractivity contribution is 6.34. The van der Waals surface area contributed by atoms with Crippen molar-refractivity contribution in [3.8, 4) is 0 Å². The van der Waals surface area contributed by atoms with E-state index in [1.54, 1.807) is 5.43 Å². The zero-order valence-electron chi connectivity index (χ0n) is 8.26. The first-order valence-corrected chi connectivity index (χ1v) is 4.34. The summed E-state index contributed by atoms with van der Waals surface area (Å²) in [5, 5.41) is 2.59. The van der Waals surface area contributed by atoms with E-state index in [9.17, 15) is 9.59 Å². The van der Waals surface area contributed by atoms with Gasteiger partial charge < -0.3 is 5.32 Å². The molecule has 1 unspecified atom stereocenters. The maximum Gasteiger partial charge on any atom is 0.323 e. The summed E-state index contributed by atoms with van der Waals surface area (Å²) in [4.78, 5) is 21.8. The third-order valence-electron chi connectivity index (χ3n) is 1.90. The summed E-state index contributed by atoms with van der Waals surface area (Å²) in [5.74, 6) is 3.63. The number of nitrogens with one attached hydrogen (secondary N) is 2. The van der Waals surface area contributed by atoms with Crippen molar-refractivity contribution >= 4 is 11.8 Å². The average molecular weight is 187 g/mol. The van der Waals surface area contributed by atoms with Crippen molar-refractivity contribution in [2.45, 2.75) is 33.2 Å². The first kappa shape index (κ1) is 11.9. The van der Waals surface area contributed by atoms with Gasteiger partial charge in [-0.3, -0.25) is 15.0 Å². The van der Waals surface area contributed by atoms with Gasteiger partial charge in [0.2, 0.25) is 0 Å². The lowest BCUT2D eigenvalue weighted by molar-refractivity contribution is -0.139. The lowest BCUT2D eigenvalue weighted by Crippen LogP contribution is -2.48. The smallest absolute Gasteiger partial charge is 0.323 e. The van der Waals surface area contributed by atoms with Crippen LogP contribution in [0.5, 0.6) is 0 Å². The fraction of sp³-hybridized carbons (Fsp3) is 0.750. The minimum atomic E-state index is -0.806. The normalized spacial score (nSPS) is 12.4. The molecule has 1 atom stereocenters. The zero-order valence-corrected chi connectivity index (χ0v) is 8.26. The van der Waals surface area contributed by atoms with Gasteiger partial charge in [0.1, 0.15) is 0 Å². The zero-order chi connectivity index (χ0) is 10.4. The van der Waals surface area contributed by atoms with E-state index in [-0.39, 0.29) is 6.04 Å². The molecule has 0 aliphatic carbocycles. The van der Waals surface area contributed by atoms with Gasteiger partial charge in [-0.1, -0.05) is 20.8 Å². The Labute approximate surface area is 78.0 Å². The predicted molar refractivity (Wildman–Crippen MR) is 49.4 cm³/mol. The van der Waals surface area contributed by atoms with E-state index in [2.05, 4.69) is 5.32 Å². The van der Waals surface area contributed by atoms with Crippen LogP contribution in [0.3, 0.4) is 0 Å². The summed E-state index contributed by atoms with van der Waals surface area (Å²) in [7, 11) is 0. The van der Waals surface area contributed by atoms with E-state index in [1.807, 2.05) is 20.8 Å². The molecule has 0 radical (unpaired) electrons. The molecule has 0 aromatic rings. The minimum absolute atomic E-state index is 0.0183. The van der Waals surface area contributed by atoms with Gasteiger partial charge in [-0.05, 0) is 12.3 Å². The van der Waals surface area contributed by atoms with Crippen molar-refractivity contribution in [3.63, 3.8) is 0 Å². The van der Waals surface area contributed by atoms with Gasteiger partial charge in [0.25, 0.3) is 0 Å². The molecule has 0 aliphatic rings. The van der Waals surface area contributed by atoms with Crippen LogP contribution in [0.2, 0.25) is 0 Å². The van der Waals surface area contributed by atoms with Crippen LogP contribution in [-0.2, 0) is 9.59 Å². The van der Waals surface area contributed by atoms with Crippen molar-refractivity contribution in [1.29, 1.82) is 0 Å². The topological polar surface area (TPSA) is 84.2 Å². The monoisotopic (exact) mass is 187 g/mol. The maximum atomic E-state index is 11.0. The number of nitrogens with two attached hydrogens (primary N) is 1. The fourth-order valence-corrected chi connectivity index (χ4v) is 1.04. The Morgan fingerprint density at radius 1 is 1.31 bits per heavy atom. The Hall–Kier alpha value is -1.10. The summed E-state index contributed by atoms with van der Waals surface area (Å²) < 4.78 is 0. The summed E-state index contributed by atoms with van der Waals surface area (Å²) in [6.07, 6.45) is 0.793. The van der Waals surface area contributed by atoms with Crippen LogP contribution in [0.15, 0.2) is 0 Å². The van der Waals surface area contributed by atoms with Gasteiger partial charge in [-0.2, -0.15) is 0 Å². The number of hydrogen-bond acceptors (Lipinski definition) is 3. The van der Waals surface area contributed by atoms with E-state index < -0.39 is 11.8 Å². The molecule has 4 N–H and O–H groups in total. The molecule has 0 aromatic heterocycles. The molecule has 76 valence electrons. The van der Waals surface area contributed by atoms with E-state index in [0.29, 0.717) is 5.92 Å². The SMILES string of the molecule is CCC(NC(=O)C(=O)NN)C(C)C. The van der Waals surface area contributed by atoms with Gasteiger partial charge in [-0.25, -0.2) is 5.84 Å². The molecule has 0 rings (SSSR count). The Morgan fingerprint density at radius 3 is 2.15 bits per heavy atom. The van der Waals surface area contributed by atoms with E-state index >= 15 is 0 Å². The van der Waals surface area contributed by atoms with Gasteiger partial charge in [-0.15, -0.1) is 0 Å². The highest BCUT2D eigenvalue weighted by atomic mass is 16.2. The van der Waals surface area contributed by atoms with Crippen LogP contribution in [0, 0.1) is 5.92 Å². The summed E-state index contributed by atoms with van der Waals surface area (Å²) >= 11 is 0. The Morgan fingerprint density at radius 2 is 1.85 bits per heavy atom. The van der Waals surface area contributed by atoms with Crippen molar-refractivity contribution in [1.82, 2.24) is 10.7 Å². The molecule has 0 saturated heterocycles. The Balaban J connectivity index is 4.09. The maximum absolute atomic E-state index is 11.0. The van der Waals surface area contributed by atoms with Gasteiger partial charge in [0.05, 0.1) is 0 Å². The molecule has 0 aromatic carbocycles. The number of hydrazine groups is 1. The number of hydrogen-bond donors (Lipinski definition) is 3.